The number of rotatable bonds is 2. The van der Waals surface area contributed by atoms with E-state index in [0.717, 1.165) is 0 Å². The molecule has 0 aliphatic carbocycles. The molecule has 70 valence electrons. The van der Waals surface area contributed by atoms with Crippen molar-refractivity contribution < 1.29 is 19.4 Å². The number of halogens is 1. The molecule has 0 aliphatic rings. The minimum atomic E-state index is -1.37. The van der Waals surface area contributed by atoms with Crippen LogP contribution >= 0.6 is 0 Å². The van der Waals surface area contributed by atoms with Crippen molar-refractivity contribution >= 4 is 11.8 Å². The van der Waals surface area contributed by atoms with Gasteiger partial charge in [0.25, 0.3) is 0 Å². The average Bonchev–Trinajstić information content (AvgIpc) is 2.08. The molecule has 3 N–H and O–H groups in total. The van der Waals surface area contributed by atoms with Crippen LogP contribution in [0.1, 0.15) is 5.69 Å². The molecule has 1 heterocycles. The van der Waals surface area contributed by atoms with Crippen molar-refractivity contribution in [2.45, 2.75) is 6.61 Å². The topological polar surface area (TPSA) is 82.5 Å². The number of hydrogen-bond donors (Lipinski definition) is 3. The molecule has 0 spiro atoms. The lowest BCUT2D eigenvalue weighted by Gasteiger charge is -2.04. The van der Waals surface area contributed by atoms with Crippen LogP contribution in [0.15, 0.2) is 12.3 Å². The largest absolute Gasteiger partial charge is 0.465 e. The van der Waals surface area contributed by atoms with Crippen molar-refractivity contribution in [2.24, 2.45) is 0 Å². The number of carboxylic acid groups (broad SMARTS) is 1. The first-order valence-electron chi connectivity index (χ1n) is 3.39. The number of hydrogen-bond acceptors (Lipinski definition) is 3. The van der Waals surface area contributed by atoms with Crippen molar-refractivity contribution in [3.05, 3.63) is 23.8 Å². The Hall–Kier alpha value is -1.69. The monoisotopic (exact) mass is 186 g/mol. The minimum absolute atomic E-state index is 0.189. The normalized spacial score (nSPS) is 9.69. The highest BCUT2D eigenvalue weighted by molar-refractivity contribution is 5.82. The van der Waals surface area contributed by atoms with E-state index in [4.69, 9.17) is 10.2 Å². The van der Waals surface area contributed by atoms with E-state index in [0.29, 0.717) is 0 Å². The zero-order chi connectivity index (χ0) is 9.84. The van der Waals surface area contributed by atoms with Gasteiger partial charge in [-0.1, -0.05) is 0 Å². The van der Waals surface area contributed by atoms with Gasteiger partial charge in [0.2, 0.25) is 0 Å². The molecule has 0 saturated heterocycles. The predicted molar refractivity (Wildman–Crippen MR) is 41.8 cm³/mol. The van der Waals surface area contributed by atoms with Crippen LogP contribution in [-0.2, 0) is 6.61 Å². The summed E-state index contributed by atoms with van der Waals surface area (Å²) in [6.45, 7) is -0.568. The summed E-state index contributed by atoms with van der Waals surface area (Å²) in [5, 5.41) is 18.7. The molecule has 0 aromatic carbocycles. The fourth-order valence-corrected chi connectivity index (χ4v) is 0.809. The Morgan fingerprint density at radius 3 is 2.92 bits per heavy atom. The van der Waals surface area contributed by atoms with Gasteiger partial charge in [0, 0.05) is 6.20 Å². The van der Waals surface area contributed by atoms with E-state index in [1.165, 1.54) is 12.3 Å². The lowest BCUT2D eigenvalue weighted by Crippen LogP contribution is -2.10. The van der Waals surface area contributed by atoms with Gasteiger partial charge in [-0.2, -0.15) is 0 Å². The second kappa shape index (κ2) is 3.81. The van der Waals surface area contributed by atoms with Gasteiger partial charge in [0.05, 0.1) is 12.3 Å². The molecule has 1 aromatic rings. The van der Waals surface area contributed by atoms with Crippen molar-refractivity contribution in [2.75, 3.05) is 5.32 Å². The summed E-state index contributed by atoms with van der Waals surface area (Å²) in [4.78, 5) is 13.7. The number of nitrogens with zero attached hydrogens (tertiary/aromatic N) is 1. The number of amides is 1. The maximum atomic E-state index is 13.1. The number of anilines is 1. The van der Waals surface area contributed by atoms with E-state index in [2.05, 4.69) is 4.98 Å². The van der Waals surface area contributed by atoms with E-state index >= 15 is 0 Å². The molecule has 0 saturated carbocycles. The minimum Gasteiger partial charge on any atom is -0.465 e. The highest BCUT2D eigenvalue weighted by atomic mass is 19.1. The first-order valence-corrected chi connectivity index (χ1v) is 3.39. The number of aliphatic hydroxyl groups is 1. The molecule has 0 fully saturated rings. The Balaban J connectivity index is 3.01. The van der Waals surface area contributed by atoms with E-state index in [1.54, 1.807) is 0 Å². The van der Waals surface area contributed by atoms with Crippen molar-refractivity contribution in [3.63, 3.8) is 0 Å². The Morgan fingerprint density at radius 2 is 2.38 bits per heavy atom. The van der Waals surface area contributed by atoms with Gasteiger partial charge in [-0.3, -0.25) is 10.3 Å². The van der Waals surface area contributed by atoms with Gasteiger partial charge in [0.15, 0.2) is 5.82 Å². The van der Waals surface area contributed by atoms with Gasteiger partial charge < -0.3 is 10.2 Å². The number of aliphatic hydroxyl groups excluding tert-OH is 1. The lowest BCUT2D eigenvalue weighted by atomic mass is 10.3. The molecule has 1 amide bonds. The smallest absolute Gasteiger partial charge is 0.409 e. The van der Waals surface area contributed by atoms with E-state index in [1.807, 2.05) is 5.32 Å². The van der Waals surface area contributed by atoms with Crippen molar-refractivity contribution in [1.82, 2.24) is 4.98 Å². The van der Waals surface area contributed by atoms with E-state index in [9.17, 15) is 9.18 Å². The highest BCUT2D eigenvalue weighted by Crippen LogP contribution is 2.15. The number of pyridine rings is 1. The third-order valence-corrected chi connectivity index (χ3v) is 1.35. The van der Waals surface area contributed by atoms with Crippen LogP contribution in [0.25, 0.3) is 0 Å². The molecule has 5 nitrogen and oxygen atoms in total. The molecule has 1 aromatic heterocycles. The second-order valence-corrected chi connectivity index (χ2v) is 2.21. The van der Waals surface area contributed by atoms with Crippen molar-refractivity contribution in [3.8, 4) is 0 Å². The average molecular weight is 186 g/mol. The number of carbonyl (C=O) groups is 1. The molecule has 0 unspecified atom stereocenters. The third kappa shape index (κ3) is 2.12. The van der Waals surface area contributed by atoms with Crippen LogP contribution in [0, 0.1) is 5.82 Å². The van der Waals surface area contributed by atoms with Crippen LogP contribution in [0.2, 0.25) is 0 Å². The van der Waals surface area contributed by atoms with E-state index in [-0.39, 0.29) is 11.4 Å². The molecular weight excluding hydrogens is 179 g/mol. The zero-order valence-electron chi connectivity index (χ0n) is 6.49. The third-order valence-electron chi connectivity index (χ3n) is 1.35. The van der Waals surface area contributed by atoms with Crippen LogP contribution in [0.5, 0.6) is 0 Å². The molecule has 13 heavy (non-hydrogen) atoms. The standard InChI is InChI=1S/C7H7FN2O3/c8-6-4(10-7(12)13)1-2-9-5(6)3-11/h1-2,11H,3H2,(H,9,10)(H,12,13). The Labute approximate surface area is 72.8 Å². The Bertz CT molecular complexity index is 330. The quantitative estimate of drug-likeness (QED) is 0.638. The summed E-state index contributed by atoms with van der Waals surface area (Å²) in [6.07, 6.45) is -0.158. The fraction of sp³-hybridized carbons (Fsp3) is 0.143. The Morgan fingerprint density at radius 1 is 1.69 bits per heavy atom. The van der Waals surface area contributed by atoms with Gasteiger partial charge in [0.1, 0.15) is 5.69 Å². The lowest BCUT2D eigenvalue weighted by molar-refractivity contribution is 0.209. The molecule has 1 rings (SSSR count). The summed E-state index contributed by atoms with van der Waals surface area (Å²) < 4.78 is 13.1. The maximum absolute atomic E-state index is 13.1. The first kappa shape index (κ1) is 9.40. The van der Waals surface area contributed by atoms with Gasteiger partial charge in [-0.15, -0.1) is 0 Å². The summed E-state index contributed by atoms with van der Waals surface area (Å²) in [5.74, 6) is -0.854. The summed E-state index contributed by atoms with van der Waals surface area (Å²) in [7, 11) is 0. The molecule has 0 radical (unpaired) electrons. The fourth-order valence-electron chi connectivity index (χ4n) is 0.809. The number of nitrogens with one attached hydrogen (secondary N) is 1. The molecule has 0 bridgehead atoms. The SMILES string of the molecule is O=C(O)Nc1ccnc(CO)c1F. The first-order chi connectivity index (χ1) is 6.15. The highest BCUT2D eigenvalue weighted by Gasteiger charge is 2.09. The van der Waals surface area contributed by atoms with Crippen LogP contribution in [0.4, 0.5) is 14.9 Å². The molecule has 0 aliphatic heterocycles. The summed E-state index contributed by atoms with van der Waals surface area (Å²) in [6, 6.07) is 1.17. The molecule has 0 atom stereocenters. The summed E-state index contributed by atoms with van der Waals surface area (Å²) in [5.41, 5.74) is -0.405. The zero-order valence-corrected chi connectivity index (χ0v) is 6.49. The van der Waals surface area contributed by atoms with Crippen molar-refractivity contribution in [1.29, 1.82) is 0 Å². The van der Waals surface area contributed by atoms with Crippen LogP contribution < -0.4 is 5.32 Å². The van der Waals surface area contributed by atoms with Gasteiger partial charge in [-0.05, 0) is 6.07 Å². The predicted octanol–water partition coefficient (Wildman–Crippen LogP) is 0.803. The van der Waals surface area contributed by atoms with Crippen LogP contribution in [0.3, 0.4) is 0 Å². The second-order valence-electron chi connectivity index (χ2n) is 2.21. The Kier molecular flexibility index (Phi) is 2.76. The van der Waals surface area contributed by atoms with Gasteiger partial charge in [-0.25, -0.2) is 9.18 Å². The summed E-state index contributed by atoms with van der Waals surface area (Å²) >= 11 is 0. The van der Waals surface area contributed by atoms with Gasteiger partial charge >= 0.3 is 6.09 Å². The van der Waals surface area contributed by atoms with Crippen LogP contribution in [-0.4, -0.2) is 21.3 Å². The molecule has 6 heteroatoms. The van der Waals surface area contributed by atoms with E-state index < -0.39 is 18.5 Å². The molecular formula is C7H7FN2O3. The maximum Gasteiger partial charge on any atom is 0.409 e. The number of aromatic nitrogens is 1.